The van der Waals surface area contributed by atoms with Crippen molar-refractivity contribution in [2.75, 3.05) is 24.4 Å². The molecule has 0 unspecified atom stereocenters. The Morgan fingerprint density at radius 3 is 2.92 bits per heavy atom. The largest absolute Gasteiger partial charge is 0.496 e. The quantitative estimate of drug-likeness (QED) is 0.803. The molecule has 2 aromatic rings. The summed E-state index contributed by atoms with van der Waals surface area (Å²) in [5.41, 5.74) is 2.73. The minimum atomic E-state index is -0.352. The number of fused-ring (bicyclic) bond motifs is 1. The van der Waals surface area contributed by atoms with Crippen molar-refractivity contribution in [1.82, 2.24) is 0 Å². The molecule has 2 N–H and O–H groups in total. The molecule has 0 aliphatic carbocycles. The van der Waals surface area contributed by atoms with Crippen molar-refractivity contribution in [3.8, 4) is 11.5 Å². The van der Waals surface area contributed by atoms with E-state index in [0.717, 1.165) is 11.1 Å². The summed E-state index contributed by atoms with van der Waals surface area (Å²) in [5.74, 6) is 0.528. The van der Waals surface area contributed by atoms with E-state index in [2.05, 4.69) is 10.6 Å². The van der Waals surface area contributed by atoms with Crippen molar-refractivity contribution in [2.24, 2.45) is 0 Å². The van der Waals surface area contributed by atoms with Gasteiger partial charge in [-0.3, -0.25) is 9.59 Å². The molecule has 26 heavy (non-hydrogen) atoms. The first kappa shape index (κ1) is 17.8. The maximum Gasteiger partial charge on any atom is 0.262 e. The van der Waals surface area contributed by atoms with Gasteiger partial charge in [-0.25, -0.2) is 0 Å². The van der Waals surface area contributed by atoms with Crippen LogP contribution in [0, 0.1) is 6.92 Å². The number of methoxy groups -OCH3 is 1. The highest BCUT2D eigenvalue weighted by atomic mass is 35.5. The highest BCUT2D eigenvalue weighted by Gasteiger charge is 2.18. The Bertz CT molecular complexity index is 909. The van der Waals surface area contributed by atoms with E-state index in [-0.39, 0.29) is 18.4 Å². The first-order chi connectivity index (χ1) is 12.5. The fourth-order valence-electron chi connectivity index (χ4n) is 2.52. The molecule has 134 valence electrons. The molecule has 0 fully saturated rings. The normalized spacial score (nSPS) is 13.0. The molecule has 1 heterocycles. The van der Waals surface area contributed by atoms with Crippen molar-refractivity contribution in [2.45, 2.75) is 6.92 Å². The molecule has 0 aromatic heterocycles. The molecule has 2 amide bonds. The number of ether oxygens (including phenoxy) is 2. The van der Waals surface area contributed by atoms with Gasteiger partial charge in [0.1, 0.15) is 11.5 Å². The number of nitrogens with one attached hydrogen (secondary N) is 2. The second-order valence-corrected chi connectivity index (χ2v) is 6.14. The molecule has 2 aromatic carbocycles. The number of anilines is 2. The molecule has 0 saturated heterocycles. The van der Waals surface area contributed by atoms with Gasteiger partial charge >= 0.3 is 0 Å². The molecule has 6 nitrogen and oxygen atoms in total. The van der Waals surface area contributed by atoms with Gasteiger partial charge in [0.2, 0.25) is 5.91 Å². The Kier molecular flexibility index (Phi) is 5.14. The zero-order valence-corrected chi connectivity index (χ0v) is 15.0. The van der Waals surface area contributed by atoms with Gasteiger partial charge in [-0.15, -0.1) is 0 Å². The van der Waals surface area contributed by atoms with Crippen LogP contribution in [0.3, 0.4) is 0 Å². The SMILES string of the molecule is COc1ccc(C)cc1/C=C/C(=O)Nc1cc2c(cc1Cl)NC(=O)CO2. The predicted molar refractivity (Wildman–Crippen MR) is 101 cm³/mol. The van der Waals surface area contributed by atoms with Crippen LogP contribution in [0.4, 0.5) is 11.4 Å². The van der Waals surface area contributed by atoms with Crippen molar-refractivity contribution in [3.05, 3.63) is 52.6 Å². The lowest BCUT2D eigenvalue weighted by Crippen LogP contribution is -2.25. The van der Waals surface area contributed by atoms with Crippen molar-refractivity contribution < 1.29 is 19.1 Å². The van der Waals surface area contributed by atoms with E-state index in [1.54, 1.807) is 19.3 Å². The van der Waals surface area contributed by atoms with Gasteiger partial charge in [-0.1, -0.05) is 23.2 Å². The Balaban J connectivity index is 1.76. The number of hydrogen-bond donors (Lipinski definition) is 2. The minimum Gasteiger partial charge on any atom is -0.496 e. The third-order valence-electron chi connectivity index (χ3n) is 3.76. The molecule has 0 saturated carbocycles. The number of amides is 2. The summed E-state index contributed by atoms with van der Waals surface area (Å²) >= 11 is 6.17. The van der Waals surface area contributed by atoms with Crippen LogP contribution in [0.1, 0.15) is 11.1 Å². The number of aryl methyl sites for hydroxylation is 1. The third-order valence-corrected chi connectivity index (χ3v) is 4.07. The lowest BCUT2D eigenvalue weighted by Gasteiger charge is -2.19. The summed E-state index contributed by atoms with van der Waals surface area (Å²) in [5, 5.41) is 5.66. The topological polar surface area (TPSA) is 76.7 Å². The summed E-state index contributed by atoms with van der Waals surface area (Å²) in [7, 11) is 1.58. The molecule has 0 bridgehead atoms. The zero-order chi connectivity index (χ0) is 18.7. The number of hydrogen-bond acceptors (Lipinski definition) is 4. The summed E-state index contributed by atoms with van der Waals surface area (Å²) in [4.78, 5) is 23.6. The van der Waals surface area contributed by atoms with Gasteiger partial charge < -0.3 is 20.1 Å². The van der Waals surface area contributed by atoms with Crippen molar-refractivity contribution in [3.63, 3.8) is 0 Å². The first-order valence-corrected chi connectivity index (χ1v) is 8.24. The maximum absolute atomic E-state index is 12.2. The van der Waals surface area contributed by atoms with E-state index in [1.807, 2.05) is 25.1 Å². The minimum absolute atomic E-state index is 0.0743. The van der Waals surface area contributed by atoms with Crippen LogP contribution >= 0.6 is 11.6 Å². The number of carbonyl (C=O) groups excluding carboxylic acids is 2. The summed E-state index contributed by atoms with van der Waals surface area (Å²) in [6.07, 6.45) is 3.07. The highest BCUT2D eigenvalue weighted by Crippen LogP contribution is 2.36. The average Bonchev–Trinajstić information content (AvgIpc) is 2.61. The molecule has 1 aliphatic heterocycles. The van der Waals surface area contributed by atoms with Crippen LogP contribution < -0.4 is 20.1 Å². The first-order valence-electron chi connectivity index (χ1n) is 7.86. The summed E-state index contributed by atoms with van der Waals surface area (Å²) in [6.45, 7) is 1.89. The van der Waals surface area contributed by atoms with Crippen LogP contribution in [0.2, 0.25) is 5.02 Å². The van der Waals surface area contributed by atoms with Crippen molar-refractivity contribution in [1.29, 1.82) is 0 Å². The molecule has 0 spiro atoms. The fourth-order valence-corrected chi connectivity index (χ4v) is 2.73. The van der Waals surface area contributed by atoms with Gasteiger partial charge in [-0.2, -0.15) is 0 Å². The number of benzene rings is 2. The van der Waals surface area contributed by atoms with Crippen LogP contribution in [-0.4, -0.2) is 25.5 Å². The summed E-state index contributed by atoms with van der Waals surface area (Å²) < 4.78 is 10.6. The lowest BCUT2D eigenvalue weighted by molar-refractivity contribution is -0.118. The van der Waals surface area contributed by atoms with Gasteiger partial charge in [0.05, 0.1) is 23.5 Å². The van der Waals surface area contributed by atoms with E-state index >= 15 is 0 Å². The Morgan fingerprint density at radius 2 is 2.15 bits per heavy atom. The zero-order valence-electron chi connectivity index (χ0n) is 14.3. The third kappa shape index (κ3) is 3.97. The Morgan fingerprint density at radius 1 is 1.35 bits per heavy atom. The van der Waals surface area contributed by atoms with E-state index in [0.29, 0.717) is 27.9 Å². The summed E-state index contributed by atoms with van der Waals surface area (Å²) in [6, 6.07) is 8.82. The second kappa shape index (κ2) is 7.49. The molecule has 7 heteroatoms. The van der Waals surface area contributed by atoms with Gasteiger partial charge in [0.25, 0.3) is 5.91 Å². The van der Waals surface area contributed by atoms with E-state index in [1.165, 1.54) is 12.1 Å². The fraction of sp³-hybridized carbons (Fsp3) is 0.158. The number of halogens is 1. The molecule has 3 rings (SSSR count). The Hall–Kier alpha value is -2.99. The molecular weight excluding hydrogens is 356 g/mol. The highest BCUT2D eigenvalue weighted by molar-refractivity contribution is 6.34. The number of rotatable bonds is 4. The number of carbonyl (C=O) groups is 2. The standard InChI is InChI=1S/C19H17ClN2O4/c1-11-3-5-16(25-2)12(7-11)4-6-18(23)21-14-9-17-15(8-13(14)20)22-19(24)10-26-17/h3-9H,10H2,1-2H3,(H,21,23)(H,22,24)/b6-4+. The molecule has 1 aliphatic rings. The van der Waals surface area contributed by atoms with Crippen LogP contribution in [0.5, 0.6) is 11.5 Å². The lowest BCUT2D eigenvalue weighted by atomic mass is 10.1. The monoisotopic (exact) mass is 372 g/mol. The molecular formula is C19H17ClN2O4. The second-order valence-electron chi connectivity index (χ2n) is 5.73. The average molecular weight is 373 g/mol. The van der Waals surface area contributed by atoms with Crippen LogP contribution in [0.25, 0.3) is 6.08 Å². The predicted octanol–water partition coefficient (Wildman–Crippen LogP) is 3.64. The molecule has 0 radical (unpaired) electrons. The smallest absolute Gasteiger partial charge is 0.262 e. The van der Waals surface area contributed by atoms with E-state index in [9.17, 15) is 9.59 Å². The van der Waals surface area contributed by atoms with Gasteiger partial charge in [-0.05, 0) is 31.2 Å². The van der Waals surface area contributed by atoms with Crippen LogP contribution in [-0.2, 0) is 9.59 Å². The Labute approximate surface area is 155 Å². The van der Waals surface area contributed by atoms with Crippen LogP contribution in [0.15, 0.2) is 36.4 Å². The van der Waals surface area contributed by atoms with E-state index < -0.39 is 0 Å². The van der Waals surface area contributed by atoms with Gasteiger partial charge in [0.15, 0.2) is 6.61 Å². The van der Waals surface area contributed by atoms with Crippen molar-refractivity contribution >= 4 is 40.9 Å². The van der Waals surface area contributed by atoms with Gasteiger partial charge in [0, 0.05) is 17.7 Å². The molecule has 0 atom stereocenters. The maximum atomic E-state index is 12.2. The van der Waals surface area contributed by atoms with E-state index in [4.69, 9.17) is 21.1 Å².